The summed E-state index contributed by atoms with van der Waals surface area (Å²) in [5.41, 5.74) is 4.59. The summed E-state index contributed by atoms with van der Waals surface area (Å²) in [6.45, 7) is 1.57. The van der Waals surface area contributed by atoms with Gasteiger partial charge in [-0.05, 0) is 11.1 Å². The van der Waals surface area contributed by atoms with Crippen LogP contribution in [0, 0.1) is 5.92 Å². The van der Waals surface area contributed by atoms with Crippen LogP contribution in [0.2, 0.25) is 0 Å². The fraction of sp³-hybridized carbons (Fsp3) is 0.357. The molecular formula is C28H34N4O5. The third-order valence-corrected chi connectivity index (χ3v) is 6.33. The highest BCUT2D eigenvalue weighted by Gasteiger charge is 2.23. The predicted molar refractivity (Wildman–Crippen MR) is 140 cm³/mol. The van der Waals surface area contributed by atoms with Gasteiger partial charge in [0.25, 0.3) is 0 Å². The molecule has 0 amide bonds. The molecule has 0 aliphatic heterocycles. The molecule has 0 aliphatic rings. The standard InChI is InChI=1S/C28H34N4O5/c1-36-28-27-26(29-19-30-28)23(15-32(27)20-37-18-22-10-6-3-7-11-22)13-31(12-21-8-4-2-5-9-21)14-24(16-33)25(35)17-34/h2-11,15,19,24-25,33-35H,12-14,16-18,20H2,1H3/t24-,25-/m1/s1. The van der Waals surface area contributed by atoms with E-state index in [0.29, 0.717) is 32.1 Å². The Balaban J connectivity index is 1.61. The average molecular weight is 507 g/mol. The van der Waals surface area contributed by atoms with Crippen molar-refractivity contribution in [2.75, 3.05) is 26.9 Å². The van der Waals surface area contributed by atoms with Crippen molar-refractivity contribution in [1.82, 2.24) is 19.4 Å². The van der Waals surface area contributed by atoms with Gasteiger partial charge < -0.3 is 29.4 Å². The van der Waals surface area contributed by atoms with Gasteiger partial charge in [-0.25, -0.2) is 4.98 Å². The molecule has 0 fully saturated rings. The SMILES string of the molecule is COc1ncnc2c(CN(Cc3ccccc3)C[C@H](CO)[C@H](O)CO)cn(COCc3ccccc3)c12. The van der Waals surface area contributed by atoms with E-state index < -0.39 is 18.6 Å². The van der Waals surface area contributed by atoms with Gasteiger partial charge in [0.15, 0.2) is 0 Å². The van der Waals surface area contributed by atoms with Crippen LogP contribution in [0.25, 0.3) is 11.0 Å². The third kappa shape index (κ3) is 6.91. The molecule has 3 N–H and O–H groups in total. The maximum absolute atomic E-state index is 10.2. The molecule has 0 bridgehead atoms. The Morgan fingerprint density at radius 2 is 1.62 bits per heavy atom. The Morgan fingerprint density at radius 1 is 0.919 bits per heavy atom. The van der Waals surface area contributed by atoms with Crippen LogP contribution < -0.4 is 4.74 Å². The van der Waals surface area contributed by atoms with E-state index in [9.17, 15) is 15.3 Å². The maximum Gasteiger partial charge on any atom is 0.241 e. The van der Waals surface area contributed by atoms with Crippen molar-refractivity contribution in [3.63, 3.8) is 0 Å². The van der Waals surface area contributed by atoms with Crippen LogP contribution in [-0.2, 0) is 31.2 Å². The highest BCUT2D eigenvalue weighted by molar-refractivity contribution is 5.83. The molecule has 0 saturated heterocycles. The first-order chi connectivity index (χ1) is 18.1. The molecule has 0 saturated carbocycles. The van der Waals surface area contributed by atoms with E-state index >= 15 is 0 Å². The van der Waals surface area contributed by atoms with E-state index in [1.807, 2.05) is 71.4 Å². The van der Waals surface area contributed by atoms with Gasteiger partial charge in [-0.2, -0.15) is 4.98 Å². The molecule has 2 atom stereocenters. The van der Waals surface area contributed by atoms with Crippen molar-refractivity contribution in [3.05, 3.63) is 89.9 Å². The number of aliphatic hydroxyl groups is 3. The Bertz CT molecular complexity index is 1240. The largest absolute Gasteiger partial charge is 0.479 e. The molecule has 9 nitrogen and oxygen atoms in total. The molecule has 2 heterocycles. The first kappa shape index (κ1) is 26.7. The number of hydrogen-bond acceptors (Lipinski definition) is 8. The number of nitrogens with zero attached hydrogens (tertiary/aromatic N) is 4. The van der Waals surface area contributed by atoms with E-state index in [1.54, 1.807) is 7.11 Å². The molecular weight excluding hydrogens is 472 g/mol. The maximum atomic E-state index is 10.2. The van der Waals surface area contributed by atoms with Gasteiger partial charge in [0, 0.05) is 43.9 Å². The number of aromatic nitrogens is 3. The van der Waals surface area contributed by atoms with Crippen molar-refractivity contribution in [1.29, 1.82) is 0 Å². The molecule has 0 unspecified atom stereocenters. The predicted octanol–water partition coefficient (Wildman–Crippen LogP) is 2.58. The fourth-order valence-corrected chi connectivity index (χ4v) is 4.42. The number of ether oxygens (including phenoxy) is 2. The normalized spacial score (nSPS) is 13.2. The summed E-state index contributed by atoms with van der Waals surface area (Å²) in [4.78, 5) is 11.0. The lowest BCUT2D eigenvalue weighted by Gasteiger charge is -2.28. The molecule has 4 rings (SSSR count). The van der Waals surface area contributed by atoms with Crippen LogP contribution in [0.3, 0.4) is 0 Å². The quantitative estimate of drug-likeness (QED) is 0.239. The van der Waals surface area contributed by atoms with E-state index in [1.165, 1.54) is 6.33 Å². The van der Waals surface area contributed by atoms with Crippen LogP contribution in [0.15, 0.2) is 73.2 Å². The lowest BCUT2D eigenvalue weighted by molar-refractivity contribution is 0.00445. The van der Waals surface area contributed by atoms with Crippen LogP contribution in [0.4, 0.5) is 0 Å². The number of methoxy groups -OCH3 is 1. The van der Waals surface area contributed by atoms with Gasteiger partial charge in [0.2, 0.25) is 5.88 Å². The number of benzene rings is 2. The molecule has 37 heavy (non-hydrogen) atoms. The number of fused-ring (bicyclic) bond motifs is 1. The zero-order chi connectivity index (χ0) is 26.0. The first-order valence-electron chi connectivity index (χ1n) is 12.3. The van der Waals surface area contributed by atoms with Gasteiger partial charge >= 0.3 is 0 Å². The van der Waals surface area contributed by atoms with Crippen molar-refractivity contribution in [3.8, 4) is 5.88 Å². The molecule has 0 radical (unpaired) electrons. The molecule has 196 valence electrons. The number of hydrogen-bond donors (Lipinski definition) is 3. The molecule has 0 aliphatic carbocycles. The van der Waals surface area contributed by atoms with E-state index in [0.717, 1.165) is 27.7 Å². The van der Waals surface area contributed by atoms with E-state index in [-0.39, 0.29) is 13.3 Å². The van der Waals surface area contributed by atoms with Crippen molar-refractivity contribution in [2.45, 2.75) is 32.5 Å². The molecule has 9 heteroatoms. The van der Waals surface area contributed by atoms with Crippen LogP contribution in [-0.4, -0.2) is 67.7 Å². The van der Waals surface area contributed by atoms with E-state index in [4.69, 9.17) is 9.47 Å². The van der Waals surface area contributed by atoms with Crippen molar-refractivity contribution in [2.24, 2.45) is 5.92 Å². The van der Waals surface area contributed by atoms with E-state index in [2.05, 4.69) is 14.9 Å². The number of aliphatic hydroxyl groups excluding tert-OH is 3. The molecule has 0 spiro atoms. The second-order valence-corrected chi connectivity index (χ2v) is 9.02. The minimum Gasteiger partial charge on any atom is -0.479 e. The van der Waals surface area contributed by atoms with Crippen LogP contribution >= 0.6 is 0 Å². The smallest absolute Gasteiger partial charge is 0.241 e. The van der Waals surface area contributed by atoms with Crippen LogP contribution in [0.5, 0.6) is 5.88 Å². The third-order valence-electron chi connectivity index (χ3n) is 6.33. The minimum absolute atomic E-state index is 0.238. The molecule has 2 aromatic carbocycles. The second kappa shape index (κ2) is 13.3. The lowest BCUT2D eigenvalue weighted by Crippen LogP contribution is -2.38. The second-order valence-electron chi connectivity index (χ2n) is 9.02. The van der Waals surface area contributed by atoms with Gasteiger partial charge in [-0.15, -0.1) is 0 Å². The zero-order valence-corrected chi connectivity index (χ0v) is 21.0. The zero-order valence-electron chi connectivity index (χ0n) is 21.0. The Morgan fingerprint density at radius 3 is 2.27 bits per heavy atom. The number of rotatable bonds is 14. The van der Waals surface area contributed by atoms with Crippen molar-refractivity contribution >= 4 is 11.0 Å². The van der Waals surface area contributed by atoms with Gasteiger partial charge in [0.1, 0.15) is 24.1 Å². The Labute approximate surface area is 216 Å². The summed E-state index contributed by atoms with van der Waals surface area (Å²) in [5.74, 6) is -0.0430. The lowest BCUT2D eigenvalue weighted by atomic mass is 10.0. The van der Waals surface area contributed by atoms with Gasteiger partial charge in [0.05, 0.1) is 26.4 Å². The average Bonchev–Trinajstić information content (AvgIpc) is 3.29. The minimum atomic E-state index is -1.02. The summed E-state index contributed by atoms with van der Waals surface area (Å²) in [7, 11) is 1.58. The Kier molecular flexibility index (Phi) is 9.58. The van der Waals surface area contributed by atoms with Crippen molar-refractivity contribution < 1.29 is 24.8 Å². The summed E-state index contributed by atoms with van der Waals surface area (Å²) in [5, 5.41) is 29.6. The summed E-state index contributed by atoms with van der Waals surface area (Å²) < 4.78 is 13.5. The van der Waals surface area contributed by atoms with Gasteiger partial charge in [-0.1, -0.05) is 60.7 Å². The molecule has 4 aromatic rings. The fourth-order valence-electron chi connectivity index (χ4n) is 4.42. The summed E-state index contributed by atoms with van der Waals surface area (Å²) in [6.07, 6.45) is 2.45. The summed E-state index contributed by atoms with van der Waals surface area (Å²) in [6, 6.07) is 20.0. The summed E-state index contributed by atoms with van der Waals surface area (Å²) >= 11 is 0. The Hall–Kier alpha value is -3.34. The van der Waals surface area contributed by atoms with Gasteiger partial charge in [-0.3, -0.25) is 4.90 Å². The highest BCUT2D eigenvalue weighted by Crippen LogP contribution is 2.28. The van der Waals surface area contributed by atoms with Crippen LogP contribution in [0.1, 0.15) is 16.7 Å². The topological polar surface area (TPSA) is 113 Å². The monoisotopic (exact) mass is 506 g/mol. The first-order valence-corrected chi connectivity index (χ1v) is 12.3. The molecule has 2 aromatic heterocycles. The highest BCUT2D eigenvalue weighted by atomic mass is 16.5.